The van der Waals surface area contributed by atoms with Crippen molar-refractivity contribution in [1.29, 1.82) is 0 Å². The molecule has 1 fully saturated rings. The van der Waals surface area contributed by atoms with Crippen LogP contribution in [-0.4, -0.2) is 38.8 Å². The maximum atomic E-state index is 10.7. The Bertz CT molecular complexity index is 652. The average Bonchev–Trinajstić information content (AvgIpc) is 3.08. The Morgan fingerprint density at radius 1 is 1.45 bits per heavy atom. The predicted octanol–water partition coefficient (Wildman–Crippen LogP) is 2.59. The zero-order chi connectivity index (χ0) is 15.5. The van der Waals surface area contributed by atoms with Crippen LogP contribution in [0.4, 0.5) is 0 Å². The van der Waals surface area contributed by atoms with Gasteiger partial charge in [-0.3, -0.25) is 14.4 Å². The zero-order valence-corrected chi connectivity index (χ0v) is 12.9. The van der Waals surface area contributed by atoms with Crippen LogP contribution in [0.2, 0.25) is 5.22 Å². The molecule has 1 aliphatic heterocycles. The highest BCUT2D eigenvalue weighted by atomic mass is 35.5. The molecule has 3 rings (SSSR count). The van der Waals surface area contributed by atoms with Crippen molar-refractivity contribution in [3.8, 4) is 0 Å². The number of carboxylic acids is 1. The number of rotatable bonds is 5. The molecule has 7 heteroatoms. The Morgan fingerprint density at radius 2 is 2.32 bits per heavy atom. The van der Waals surface area contributed by atoms with Crippen LogP contribution in [0.15, 0.2) is 28.8 Å². The Balaban J connectivity index is 1.62. The quantitative estimate of drug-likeness (QED) is 0.915. The van der Waals surface area contributed by atoms with Gasteiger partial charge in [-0.1, -0.05) is 0 Å². The van der Waals surface area contributed by atoms with E-state index in [1.165, 1.54) is 4.68 Å². The van der Waals surface area contributed by atoms with Crippen LogP contribution in [0.1, 0.15) is 30.2 Å². The van der Waals surface area contributed by atoms with Gasteiger partial charge in [-0.15, -0.1) is 0 Å². The third kappa shape index (κ3) is 3.69. The number of aliphatic carboxylic acids is 1. The van der Waals surface area contributed by atoms with Crippen molar-refractivity contribution in [2.45, 2.75) is 31.8 Å². The summed E-state index contributed by atoms with van der Waals surface area (Å²) in [6.45, 7) is 2.55. The summed E-state index contributed by atoms with van der Waals surface area (Å²) >= 11 is 5.80. The molecule has 1 atom stereocenters. The second kappa shape index (κ2) is 6.54. The molecule has 0 amide bonds. The molecule has 0 radical (unpaired) electrons. The van der Waals surface area contributed by atoms with Crippen molar-refractivity contribution >= 4 is 17.6 Å². The summed E-state index contributed by atoms with van der Waals surface area (Å²) in [5.41, 5.74) is 0.962. The summed E-state index contributed by atoms with van der Waals surface area (Å²) < 4.78 is 6.89. The summed E-state index contributed by atoms with van der Waals surface area (Å²) in [6.07, 6.45) is 3.89. The van der Waals surface area contributed by atoms with Crippen LogP contribution < -0.4 is 0 Å². The first-order valence-electron chi connectivity index (χ1n) is 7.32. The molecule has 0 aliphatic carbocycles. The van der Waals surface area contributed by atoms with Gasteiger partial charge in [0.15, 0.2) is 5.22 Å². The molecule has 3 heterocycles. The number of aromatic nitrogens is 2. The van der Waals surface area contributed by atoms with Gasteiger partial charge < -0.3 is 9.52 Å². The van der Waals surface area contributed by atoms with Crippen LogP contribution in [0, 0.1) is 0 Å². The Labute approximate surface area is 133 Å². The third-order valence-corrected chi connectivity index (χ3v) is 4.09. The minimum Gasteiger partial charge on any atom is -0.480 e. The van der Waals surface area contributed by atoms with E-state index in [9.17, 15) is 4.79 Å². The van der Waals surface area contributed by atoms with E-state index >= 15 is 0 Å². The molecule has 1 saturated heterocycles. The minimum absolute atomic E-state index is 0.0959. The highest BCUT2D eigenvalue weighted by molar-refractivity contribution is 6.28. The molecule has 118 valence electrons. The van der Waals surface area contributed by atoms with E-state index in [2.05, 4.69) is 10.00 Å². The lowest BCUT2D eigenvalue weighted by atomic mass is 9.95. The van der Waals surface area contributed by atoms with Gasteiger partial charge in [0, 0.05) is 18.7 Å². The summed E-state index contributed by atoms with van der Waals surface area (Å²) in [7, 11) is 0. The van der Waals surface area contributed by atoms with E-state index in [0.717, 1.165) is 43.9 Å². The Morgan fingerprint density at radius 3 is 3.05 bits per heavy atom. The normalized spacial score (nSPS) is 19.4. The Kier molecular flexibility index (Phi) is 4.49. The van der Waals surface area contributed by atoms with Crippen molar-refractivity contribution in [1.82, 2.24) is 14.7 Å². The molecule has 0 aromatic carbocycles. The lowest BCUT2D eigenvalue weighted by molar-refractivity contribution is -0.137. The lowest BCUT2D eigenvalue weighted by Gasteiger charge is -2.31. The molecule has 2 aromatic rings. The van der Waals surface area contributed by atoms with E-state index < -0.39 is 5.97 Å². The van der Waals surface area contributed by atoms with Crippen molar-refractivity contribution < 1.29 is 14.3 Å². The van der Waals surface area contributed by atoms with Crippen molar-refractivity contribution in [3.05, 3.63) is 41.1 Å². The fraction of sp³-hybridized carbons (Fsp3) is 0.467. The van der Waals surface area contributed by atoms with Gasteiger partial charge in [0.05, 0.1) is 12.2 Å². The maximum Gasteiger partial charge on any atom is 0.325 e. The van der Waals surface area contributed by atoms with E-state index in [1.54, 1.807) is 12.3 Å². The average molecular weight is 324 g/mol. The van der Waals surface area contributed by atoms with Crippen molar-refractivity contribution in [3.63, 3.8) is 0 Å². The standard InChI is InChI=1S/C15H18ClN3O3/c16-14-4-3-12(22-14)9-18-6-1-2-11(8-18)13-5-7-19(17-13)10-15(20)21/h3-5,7,11H,1-2,6,8-10H2,(H,20,21)/t11-/m1/s1. The molecule has 1 N–H and O–H groups in total. The summed E-state index contributed by atoms with van der Waals surface area (Å²) in [5.74, 6) is 0.311. The molecule has 1 aliphatic rings. The number of hydrogen-bond donors (Lipinski definition) is 1. The van der Waals surface area contributed by atoms with Gasteiger partial charge in [-0.2, -0.15) is 5.10 Å². The summed E-state index contributed by atoms with van der Waals surface area (Å²) in [6, 6.07) is 5.57. The van der Waals surface area contributed by atoms with E-state index in [0.29, 0.717) is 11.1 Å². The first-order chi connectivity index (χ1) is 10.6. The van der Waals surface area contributed by atoms with E-state index in [1.807, 2.05) is 12.1 Å². The molecular formula is C15H18ClN3O3. The summed E-state index contributed by atoms with van der Waals surface area (Å²) in [5, 5.41) is 13.6. The zero-order valence-electron chi connectivity index (χ0n) is 12.1. The minimum atomic E-state index is -0.880. The van der Waals surface area contributed by atoms with Gasteiger partial charge in [-0.25, -0.2) is 0 Å². The Hall–Kier alpha value is -1.79. The van der Waals surface area contributed by atoms with Crippen LogP contribution >= 0.6 is 11.6 Å². The number of nitrogens with zero attached hydrogens (tertiary/aromatic N) is 3. The molecule has 0 saturated carbocycles. The third-order valence-electron chi connectivity index (χ3n) is 3.89. The van der Waals surface area contributed by atoms with Crippen LogP contribution in [0.25, 0.3) is 0 Å². The maximum absolute atomic E-state index is 10.7. The molecule has 0 spiro atoms. The van der Waals surface area contributed by atoms with Gasteiger partial charge in [0.25, 0.3) is 0 Å². The van der Waals surface area contributed by atoms with Crippen LogP contribution in [0.3, 0.4) is 0 Å². The smallest absolute Gasteiger partial charge is 0.325 e. The molecular weight excluding hydrogens is 306 g/mol. The second-order valence-electron chi connectivity index (χ2n) is 5.61. The summed E-state index contributed by atoms with van der Waals surface area (Å²) in [4.78, 5) is 13.0. The number of furan rings is 1. The van der Waals surface area contributed by atoms with Gasteiger partial charge in [-0.05, 0) is 49.2 Å². The monoisotopic (exact) mass is 323 g/mol. The van der Waals surface area contributed by atoms with Crippen molar-refractivity contribution in [2.24, 2.45) is 0 Å². The number of piperidine rings is 1. The van der Waals surface area contributed by atoms with E-state index in [-0.39, 0.29) is 6.54 Å². The topological polar surface area (TPSA) is 71.5 Å². The molecule has 0 bridgehead atoms. The first-order valence-corrected chi connectivity index (χ1v) is 7.69. The lowest BCUT2D eigenvalue weighted by Crippen LogP contribution is -2.34. The fourth-order valence-electron chi connectivity index (χ4n) is 2.92. The second-order valence-corrected chi connectivity index (χ2v) is 5.98. The molecule has 0 unspecified atom stereocenters. The molecule has 22 heavy (non-hydrogen) atoms. The largest absolute Gasteiger partial charge is 0.480 e. The SMILES string of the molecule is O=C(O)Cn1ccc([C@@H]2CCCN(Cc3ccc(Cl)o3)C2)n1. The van der Waals surface area contributed by atoms with E-state index in [4.69, 9.17) is 21.1 Å². The van der Waals surface area contributed by atoms with Crippen LogP contribution in [-0.2, 0) is 17.9 Å². The van der Waals surface area contributed by atoms with Gasteiger partial charge in [0.2, 0.25) is 0 Å². The molecule has 6 nitrogen and oxygen atoms in total. The first kappa shape index (κ1) is 15.1. The molecule has 2 aromatic heterocycles. The highest BCUT2D eigenvalue weighted by Crippen LogP contribution is 2.27. The number of carboxylic acid groups (broad SMARTS) is 1. The number of halogens is 1. The van der Waals surface area contributed by atoms with Crippen LogP contribution in [0.5, 0.6) is 0 Å². The van der Waals surface area contributed by atoms with Gasteiger partial charge >= 0.3 is 5.97 Å². The number of likely N-dealkylation sites (tertiary alicyclic amines) is 1. The predicted molar refractivity (Wildman–Crippen MR) is 80.8 cm³/mol. The number of hydrogen-bond acceptors (Lipinski definition) is 4. The fourth-order valence-corrected chi connectivity index (χ4v) is 3.08. The van der Waals surface area contributed by atoms with Gasteiger partial charge in [0.1, 0.15) is 12.3 Å². The highest BCUT2D eigenvalue weighted by Gasteiger charge is 2.24. The van der Waals surface area contributed by atoms with Crippen molar-refractivity contribution in [2.75, 3.05) is 13.1 Å². The number of carbonyl (C=O) groups is 1.